The minimum absolute atomic E-state index is 0.0867. The lowest BCUT2D eigenvalue weighted by molar-refractivity contribution is -0.118. The summed E-state index contributed by atoms with van der Waals surface area (Å²) >= 11 is 0. The zero-order chi connectivity index (χ0) is 11.5. The molecule has 0 spiro atoms. The highest BCUT2D eigenvalue weighted by molar-refractivity contribution is 5.93. The highest BCUT2D eigenvalue weighted by Crippen LogP contribution is 2.32. The molecule has 1 unspecified atom stereocenters. The molecule has 16 heavy (non-hydrogen) atoms. The number of amides is 1. The normalized spacial score (nSPS) is 22.3. The van der Waals surface area contributed by atoms with Crippen molar-refractivity contribution in [1.82, 2.24) is 5.32 Å². The van der Waals surface area contributed by atoms with Crippen LogP contribution in [-0.2, 0) is 4.79 Å². The maximum Gasteiger partial charge on any atom is 0.247 e. The summed E-state index contributed by atoms with van der Waals surface area (Å²) in [5, 5.41) is 3.01. The second-order valence-electron chi connectivity index (χ2n) is 5.55. The minimum Gasteiger partial charge on any atom is -0.350 e. The van der Waals surface area contributed by atoms with Crippen LogP contribution in [0.2, 0.25) is 0 Å². The van der Waals surface area contributed by atoms with Crippen molar-refractivity contribution in [3.05, 3.63) is 12.2 Å². The smallest absolute Gasteiger partial charge is 0.247 e. The van der Waals surface area contributed by atoms with Crippen molar-refractivity contribution in [2.75, 3.05) is 0 Å². The Morgan fingerprint density at radius 2 is 2.06 bits per heavy atom. The van der Waals surface area contributed by atoms with Crippen molar-refractivity contribution in [2.45, 2.75) is 57.9 Å². The highest BCUT2D eigenvalue weighted by Gasteiger charge is 2.26. The third-order valence-electron chi connectivity index (χ3n) is 4.03. The topological polar surface area (TPSA) is 29.1 Å². The van der Waals surface area contributed by atoms with Gasteiger partial charge in [-0.25, -0.2) is 0 Å². The fourth-order valence-electron chi connectivity index (χ4n) is 2.17. The summed E-state index contributed by atoms with van der Waals surface area (Å²) in [4.78, 5) is 11.8. The van der Waals surface area contributed by atoms with E-state index in [-0.39, 0.29) is 5.91 Å². The average molecular weight is 221 g/mol. The third kappa shape index (κ3) is 3.10. The lowest BCUT2D eigenvalue weighted by atomic mass is 9.80. The molecule has 0 aromatic rings. The summed E-state index contributed by atoms with van der Waals surface area (Å²) in [6.45, 7) is 6.08. The zero-order valence-electron chi connectivity index (χ0n) is 10.3. The predicted molar refractivity (Wildman–Crippen MR) is 66.0 cm³/mol. The molecule has 2 saturated carbocycles. The molecule has 2 nitrogen and oxygen atoms in total. The lowest BCUT2D eigenvalue weighted by Crippen LogP contribution is -2.29. The van der Waals surface area contributed by atoms with Gasteiger partial charge in [-0.3, -0.25) is 4.79 Å². The first-order valence-corrected chi connectivity index (χ1v) is 6.66. The van der Waals surface area contributed by atoms with Gasteiger partial charge in [0, 0.05) is 11.6 Å². The van der Waals surface area contributed by atoms with Crippen LogP contribution in [0.5, 0.6) is 0 Å². The van der Waals surface area contributed by atoms with Crippen LogP contribution in [0.1, 0.15) is 51.9 Å². The van der Waals surface area contributed by atoms with Gasteiger partial charge in [0.1, 0.15) is 0 Å². The van der Waals surface area contributed by atoms with E-state index in [1.54, 1.807) is 0 Å². The van der Waals surface area contributed by atoms with Gasteiger partial charge in [0.05, 0.1) is 0 Å². The van der Waals surface area contributed by atoms with E-state index in [0.29, 0.717) is 12.0 Å². The van der Waals surface area contributed by atoms with Crippen LogP contribution in [0, 0.1) is 11.8 Å². The van der Waals surface area contributed by atoms with E-state index in [1.165, 1.54) is 25.7 Å². The number of carbonyl (C=O) groups excluding carboxylic acids is 1. The second-order valence-corrected chi connectivity index (χ2v) is 5.55. The summed E-state index contributed by atoms with van der Waals surface area (Å²) in [7, 11) is 0. The average Bonchev–Trinajstić information content (AvgIpc) is 2.97. The molecule has 0 saturated heterocycles. The Kier molecular flexibility index (Phi) is 3.67. The number of rotatable bonds is 6. The molecular weight excluding hydrogens is 198 g/mol. The van der Waals surface area contributed by atoms with E-state index in [1.807, 2.05) is 0 Å². The lowest BCUT2D eigenvalue weighted by Gasteiger charge is -2.26. The largest absolute Gasteiger partial charge is 0.350 e. The van der Waals surface area contributed by atoms with Gasteiger partial charge in [-0.2, -0.15) is 0 Å². The molecule has 0 bridgehead atoms. The van der Waals surface area contributed by atoms with Gasteiger partial charge in [-0.1, -0.05) is 32.8 Å². The Labute approximate surface area is 98.5 Å². The van der Waals surface area contributed by atoms with E-state index < -0.39 is 0 Å². The van der Waals surface area contributed by atoms with E-state index in [0.717, 1.165) is 30.8 Å². The Hall–Kier alpha value is -0.790. The van der Waals surface area contributed by atoms with Crippen molar-refractivity contribution in [3.8, 4) is 0 Å². The summed E-state index contributed by atoms with van der Waals surface area (Å²) in [5.74, 6) is 1.37. The Bertz CT molecular complexity index is 276. The van der Waals surface area contributed by atoms with Crippen LogP contribution >= 0.6 is 0 Å². The first kappa shape index (κ1) is 11.7. The van der Waals surface area contributed by atoms with Crippen molar-refractivity contribution in [3.63, 3.8) is 0 Å². The molecule has 1 N–H and O–H groups in total. The van der Waals surface area contributed by atoms with E-state index in [4.69, 9.17) is 0 Å². The number of nitrogens with one attached hydrogen (secondary N) is 1. The first-order valence-electron chi connectivity index (χ1n) is 6.66. The van der Waals surface area contributed by atoms with Crippen molar-refractivity contribution in [2.24, 2.45) is 11.8 Å². The SMILES string of the molecule is C=C(C(=O)NC1CC1)C(C)CCC1CCC1. The molecule has 2 fully saturated rings. The zero-order valence-corrected chi connectivity index (χ0v) is 10.3. The molecule has 0 radical (unpaired) electrons. The summed E-state index contributed by atoms with van der Waals surface area (Å²) < 4.78 is 0. The molecule has 1 atom stereocenters. The van der Waals surface area contributed by atoms with Gasteiger partial charge in [0.25, 0.3) is 0 Å². The van der Waals surface area contributed by atoms with Crippen molar-refractivity contribution >= 4 is 5.91 Å². The van der Waals surface area contributed by atoms with Crippen molar-refractivity contribution in [1.29, 1.82) is 0 Å². The molecular formula is C14H23NO. The van der Waals surface area contributed by atoms with Gasteiger partial charge < -0.3 is 5.32 Å². The Morgan fingerprint density at radius 1 is 1.38 bits per heavy atom. The molecule has 2 aliphatic carbocycles. The second kappa shape index (κ2) is 5.03. The molecule has 2 aliphatic rings. The van der Waals surface area contributed by atoms with Gasteiger partial charge in [0.2, 0.25) is 5.91 Å². The van der Waals surface area contributed by atoms with Crippen LogP contribution in [-0.4, -0.2) is 11.9 Å². The molecule has 2 rings (SSSR count). The van der Waals surface area contributed by atoms with Crippen LogP contribution in [0.4, 0.5) is 0 Å². The molecule has 0 aromatic heterocycles. The van der Waals surface area contributed by atoms with Gasteiger partial charge in [-0.05, 0) is 37.5 Å². The maximum atomic E-state index is 11.8. The summed E-state index contributed by atoms with van der Waals surface area (Å²) in [6.07, 6.45) is 8.90. The van der Waals surface area contributed by atoms with Crippen LogP contribution in [0.15, 0.2) is 12.2 Å². The monoisotopic (exact) mass is 221 g/mol. The molecule has 2 heteroatoms. The van der Waals surface area contributed by atoms with E-state index in [9.17, 15) is 4.79 Å². The quantitative estimate of drug-likeness (QED) is 0.686. The number of carbonyl (C=O) groups is 1. The molecule has 0 aromatic carbocycles. The fourth-order valence-corrected chi connectivity index (χ4v) is 2.17. The van der Waals surface area contributed by atoms with Crippen LogP contribution < -0.4 is 5.32 Å². The van der Waals surface area contributed by atoms with Crippen molar-refractivity contribution < 1.29 is 4.79 Å². The van der Waals surface area contributed by atoms with E-state index in [2.05, 4.69) is 18.8 Å². The molecule has 1 amide bonds. The van der Waals surface area contributed by atoms with Crippen LogP contribution in [0.25, 0.3) is 0 Å². The molecule has 0 heterocycles. The van der Waals surface area contributed by atoms with E-state index >= 15 is 0 Å². The predicted octanol–water partition coefficient (Wildman–Crippen LogP) is 3.04. The molecule has 90 valence electrons. The highest BCUT2D eigenvalue weighted by atomic mass is 16.1. The summed E-state index contributed by atoms with van der Waals surface area (Å²) in [6, 6.07) is 0.447. The standard InChI is InChI=1S/C14H23NO/c1-10(6-7-12-4-3-5-12)11(2)14(16)15-13-8-9-13/h10,12-13H,2-9H2,1H3,(H,15,16). The molecule has 0 aliphatic heterocycles. The Balaban J connectivity index is 1.67. The number of hydrogen-bond acceptors (Lipinski definition) is 1. The Morgan fingerprint density at radius 3 is 2.56 bits per heavy atom. The summed E-state index contributed by atoms with van der Waals surface area (Å²) in [5.41, 5.74) is 0.784. The number of hydrogen-bond donors (Lipinski definition) is 1. The van der Waals surface area contributed by atoms with Crippen LogP contribution in [0.3, 0.4) is 0 Å². The maximum absolute atomic E-state index is 11.8. The van der Waals surface area contributed by atoms with Gasteiger partial charge in [-0.15, -0.1) is 0 Å². The fraction of sp³-hybridized carbons (Fsp3) is 0.786. The first-order chi connectivity index (χ1) is 7.66. The van der Waals surface area contributed by atoms with Gasteiger partial charge in [0.15, 0.2) is 0 Å². The third-order valence-corrected chi connectivity index (χ3v) is 4.03. The van der Waals surface area contributed by atoms with Gasteiger partial charge >= 0.3 is 0 Å². The minimum atomic E-state index is 0.0867.